The van der Waals surface area contributed by atoms with E-state index in [0.717, 1.165) is 49.6 Å². The lowest BCUT2D eigenvalue weighted by molar-refractivity contribution is 0.0762. The summed E-state index contributed by atoms with van der Waals surface area (Å²) in [5, 5.41) is 4.49. The lowest BCUT2D eigenvalue weighted by Crippen LogP contribution is -2.35. The Morgan fingerprint density at radius 3 is 2.58 bits per heavy atom. The smallest absolute Gasteiger partial charge is 0.259 e. The zero-order valence-corrected chi connectivity index (χ0v) is 17.3. The molecular formula is C24H24N6O. The minimum absolute atomic E-state index is 0.00704. The second-order valence-corrected chi connectivity index (χ2v) is 7.73. The molecule has 156 valence electrons. The molecule has 0 saturated carbocycles. The quantitative estimate of drug-likeness (QED) is 0.515. The van der Waals surface area contributed by atoms with Crippen LogP contribution in [0.5, 0.6) is 0 Å². The molecule has 1 saturated heterocycles. The minimum Gasteiger partial charge on any atom is -0.337 e. The molecule has 1 aromatic carbocycles. The number of carbonyl (C=O) groups excluding carboxylic acids is 1. The van der Waals surface area contributed by atoms with E-state index in [-0.39, 0.29) is 5.91 Å². The molecule has 1 aliphatic rings. The Bertz CT molecular complexity index is 1170. The second-order valence-electron chi connectivity index (χ2n) is 7.73. The van der Waals surface area contributed by atoms with Crippen molar-refractivity contribution in [2.45, 2.75) is 13.0 Å². The first-order valence-corrected chi connectivity index (χ1v) is 10.6. The van der Waals surface area contributed by atoms with E-state index in [0.29, 0.717) is 17.8 Å². The van der Waals surface area contributed by atoms with Gasteiger partial charge in [0.15, 0.2) is 5.65 Å². The third-order valence-electron chi connectivity index (χ3n) is 5.69. The molecule has 0 aliphatic carbocycles. The topological polar surface area (TPSA) is 66.6 Å². The maximum Gasteiger partial charge on any atom is 0.259 e. The molecule has 4 aromatic rings. The summed E-state index contributed by atoms with van der Waals surface area (Å²) >= 11 is 0. The predicted molar refractivity (Wildman–Crippen MR) is 118 cm³/mol. The van der Waals surface area contributed by atoms with Crippen molar-refractivity contribution in [1.82, 2.24) is 29.4 Å². The summed E-state index contributed by atoms with van der Waals surface area (Å²) in [4.78, 5) is 26.5. The molecular weight excluding hydrogens is 388 g/mol. The molecule has 0 bridgehead atoms. The van der Waals surface area contributed by atoms with Gasteiger partial charge in [-0.1, -0.05) is 36.4 Å². The average Bonchev–Trinajstić information content (AvgIpc) is 3.12. The molecule has 1 amide bonds. The number of hydrogen-bond acceptors (Lipinski definition) is 5. The summed E-state index contributed by atoms with van der Waals surface area (Å²) in [5.41, 5.74) is 4.17. The van der Waals surface area contributed by atoms with Gasteiger partial charge in [0.05, 0.1) is 17.6 Å². The summed E-state index contributed by atoms with van der Waals surface area (Å²) in [6.07, 6.45) is 6.14. The lowest BCUT2D eigenvalue weighted by Gasteiger charge is -2.21. The maximum absolute atomic E-state index is 13.3. The minimum atomic E-state index is -0.00704. The molecule has 4 heterocycles. The highest BCUT2D eigenvalue weighted by atomic mass is 16.2. The first-order chi connectivity index (χ1) is 15.3. The van der Waals surface area contributed by atoms with E-state index in [2.05, 4.69) is 20.0 Å². The largest absolute Gasteiger partial charge is 0.337 e. The normalized spacial score (nSPS) is 15.2. The molecule has 0 unspecified atom stereocenters. The van der Waals surface area contributed by atoms with Gasteiger partial charge in [-0.2, -0.15) is 5.10 Å². The van der Waals surface area contributed by atoms with Gasteiger partial charge < -0.3 is 4.90 Å². The SMILES string of the molecule is O=C(c1cnn2c(-c3ccccc3)ccnc12)N1CCCN(Cc2ccccn2)CC1. The number of nitrogens with zero attached hydrogens (tertiary/aromatic N) is 6. The predicted octanol–water partition coefficient (Wildman–Crippen LogP) is 3.14. The molecule has 7 nitrogen and oxygen atoms in total. The Labute approximate surface area is 181 Å². The van der Waals surface area contributed by atoms with Crippen LogP contribution in [0.2, 0.25) is 0 Å². The number of amides is 1. The Balaban J connectivity index is 1.34. The van der Waals surface area contributed by atoms with Crippen molar-refractivity contribution in [1.29, 1.82) is 0 Å². The Morgan fingerprint density at radius 2 is 1.74 bits per heavy atom. The van der Waals surface area contributed by atoms with Crippen LogP contribution >= 0.6 is 0 Å². The van der Waals surface area contributed by atoms with Crippen molar-refractivity contribution in [2.75, 3.05) is 26.2 Å². The maximum atomic E-state index is 13.3. The summed E-state index contributed by atoms with van der Waals surface area (Å²) in [5.74, 6) is -0.00704. The summed E-state index contributed by atoms with van der Waals surface area (Å²) in [7, 11) is 0. The van der Waals surface area contributed by atoms with Crippen LogP contribution in [-0.4, -0.2) is 61.5 Å². The van der Waals surface area contributed by atoms with E-state index in [1.165, 1.54) is 0 Å². The van der Waals surface area contributed by atoms with Gasteiger partial charge in [-0.25, -0.2) is 9.50 Å². The van der Waals surface area contributed by atoms with E-state index >= 15 is 0 Å². The number of carbonyl (C=O) groups is 1. The molecule has 0 spiro atoms. The van der Waals surface area contributed by atoms with E-state index in [1.807, 2.05) is 65.7 Å². The molecule has 0 N–H and O–H groups in total. The van der Waals surface area contributed by atoms with Crippen LogP contribution in [-0.2, 0) is 6.54 Å². The molecule has 31 heavy (non-hydrogen) atoms. The fraction of sp³-hybridized carbons (Fsp3) is 0.250. The highest BCUT2D eigenvalue weighted by Crippen LogP contribution is 2.21. The van der Waals surface area contributed by atoms with Crippen LogP contribution in [0.1, 0.15) is 22.5 Å². The number of pyridine rings is 1. The van der Waals surface area contributed by atoms with Gasteiger partial charge in [0.25, 0.3) is 5.91 Å². The zero-order chi connectivity index (χ0) is 21.0. The molecule has 0 radical (unpaired) electrons. The first kappa shape index (κ1) is 19.4. The van der Waals surface area contributed by atoms with E-state index in [4.69, 9.17) is 0 Å². The standard InChI is InChI=1S/C24H24N6O/c31-24(29-14-6-13-28(15-16-29)18-20-9-4-5-11-25-20)21-17-27-30-22(10-12-26-23(21)30)19-7-2-1-3-8-19/h1-5,7-12,17H,6,13-16,18H2. The number of rotatable bonds is 4. The molecule has 5 rings (SSSR count). The van der Waals surface area contributed by atoms with Crippen LogP contribution in [0.3, 0.4) is 0 Å². The van der Waals surface area contributed by atoms with E-state index < -0.39 is 0 Å². The van der Waals surface area contributed by atoms with Gasteiger partial charge in [-0.05, 0) is 24.6 Å². The fourth-order valence-electron chi connectivity index (χ4n) is 4.09. The van der Waals surface area contributed by atoms with Gasteiger partial charge in [0.1, 0.15) is 5.56 Å². The van der Waals surface area contributed by atoms with Gasteiger partial charge in [0.2, 0.25) is 0 Å². The third kappa shape index (κ3) is 4.04. The van der Waals surface area contributed by atoms with Gasteiger partial charge in [-0.15, -0.1) is 0 Å². The van der Waals surface area contributed by atoms with Crippen molar-refractivity contribution in [3.05, 3.63) is 84.4 Å². The molecule has 7 heteroatoms. The first-order valence-electron chi connectivity index (χ1n) is 10.6. The van der Waals surface area contributed by atoms with Crippen molar-refractivity contribution >= 4 is 11.6 Å². The lowest BCUT2D eigenvalue weighted by atomic mass is 10.1. The molecule has 1 aliphatic heterocycles. The van der Waals surface area contributed by atoms with Crippen molar-refractivity contribution < 1.29 is 4.79 Å². The summed E-state index contributed by atoms with van der Waals surface area (Å²) < 4.78 is 1.76. The van der Waals surface area contributed by atoms with Crippen LogP contribution in [0.4, 0.5) is 0 Å². The van der Waals surface area contributed by atoms with E-state index in [1.54, 1.807) is 16.9 Å². The second kappa shape index (κ2) is 8.65. The molecule has 1 fully saturated rings. The monoisotopic (exact) mass is 412 g/mol. The highest BCUT2D eigenvalue weighted by Gasteiger charge is 2.24. The van der Waals surface area contributed by atoms with Crippen LogP contribution in [0.15, 0.2) is 73.2 Å². The molecule has 3 aromatic heterocycles. The van der Waals surface area contributed by atoms with Gasteiger partial charge in [0, 0.05) is 50.7 Å². The Morgan fingerprint density at radius 1 is 0.871 bits per heavy atom. The van der Waals surface area contributed by atoms with Crippen LogP contribution in [0, 0.1) is 0 Å². The fourth-order valence-corrected chi connectivity index (χ4v) is 4.09. The van der Waals surface area contributed by atoms with Crippen molar-refractivity contribution in [2.24, 2.45) is 0 Å². The Kier molecular flexibility index (Phi) is 5.41. The number of benzene rings is 1. The molecule has 0 atom stereocenters. The number of aromatic nitrogens is 4. The summed E-state index contributed by atoms with van der Waals surface area (Å²) in [6, 6.07) is 17.9. The van der Waals surface area contributed by atoms with Crippen molar-refractivity contribution in [3.8, 4) is 11.3 Å². The van der Waals surface area contributed by atoms with Crippen molar-refractivity contribution in [3.63, 3.8) is 0 Å². The Hall–Kier alpha value is -3.58. The van der Waals surface area contributed by atoms with E-state index in [9.17, 15) is 4.79 Å². The van der Waals surface area contributed by atoms with Crippen LogP contribution in [0.25, 0.3) is 16.9 Å². The van der Waals surface area contributed by atoms with Crippen LogP contribution < -0.4 is 0 Å². The number of fused-ring (bicyclic) bond motifs is 1. The third-order valence-corrected chi connectivity index (χ3v) is 5.69. The number of hydrogen-bond donors (Lipinski definition) is 0. The summed E-state index contributed by atoms with van der Waals surface area (Å²) in [6.45, 7) is 3.99. The zero-order valence-electron chi connectivity index (χ0n) is 17.3. The highest BCUT2D eigenvalue weighted by molar-refractivity contribution is 6.00. The average molecular weight is 412 g/mol. The van der Waals surface area contributed by atoms with Gasteiger partial charge >= 0.3 is 0 Å². The van der Waals surface area contributed by atoms with Gasteiger partial charge in [-0.3, -0.25) is 14.7 Å².